The van der Waals surface area contributed by atoms with E-state index < -0.39 is 10.0 Å². The molecule has 10 heteroatoms. The second kappa shape index (κ2) is 10.2. The van der Waals surface area contributed by atoms with Crippen LogP contribution in [0.25, 0.3) is 16.9 Å². The largest absolute Gasteiger partial charge is 0.492 e. The highest BCUT2D eigenvalue weighted by atomic mass is 32.2. The highest BCUT2D eigenvalue weighted by Gasteiger charge is 2.16. The van der Waals surface area contributed by atoms with E-state index in [1.807, 2.05) is 49.4 Å². The van der Waals surface area contributed by atoms with Crippen LogP contribution in [0.4, 0.5) is 0 Å². The van der Waals surface area contributed by atoms with Crippen LogP contribution in [0, 0.1) is 0 Å². The van der Waals surface area contributed by atoms with E-state index in [9.17, 15) is 8.42 Å². The summed E-state index contributed by atoms with van der Waals surface area (Å²) in [6.45, 7) is 5.85. The van der Waals surface area contributed by atoms with E-state index in [1.54, 1.807) is 10.7 Å². The van der Waals surface area contributed by atoms with Gasteiger partial charge in [0.2, 0.25) is 0 Å². The molecule has 0 saturated carbocycles. The van der Waals surface area contributed by atoms with Gasteiger partial charge in [-0.3, -0.25) is 4.90 Å². The van der Waals surface area contributed by atoms with E-state index in [1.165, 1.54) is 32.1 Å². The topological polar surface area (TPSA) is 94.6 Å². The minimum Gasteiger partial charge on any atom is -0.492 e. The lowest BCUT2D eigenvalue weighted by Crippen LogP contribution is -2.25. The number of benzene rings is 1. The number of ether oxygens (including phenoxy) is 1. The monoisotopic (exact) mass is 494 g/mol. The molecule has 184 valence electrons. The van der Waals surface area contributed by atoms with Gasteiger partial charge in [0.25, 0.3) is 10.0 Å². The van der Waals surface area contributed by atoms with Gasteiger partial charge < -0.3 is 4.74 Å². The predicted octanol–water partition coefficient (Wildman–Crippen LogP) is 3.25. The first-order valence-electron chi connectivity index (χ1n) is 12.1. The molecule has 0 atom stereocenters. The molecule has 0 spiro atoms. The van der Waals surface area contributed by atoms with Gasteiger partial charge in [-0.15, -0.1) is 0 Å². The summed E-state index contributed by atoms with van der Waals surface area (Å²) >= 11 is 0. The molecule has 0 unspecified atom stereocenters. The summed E-state index contributed by atoms with van der Waals surface area (Å²) in [5.41, 5.74) is 3.19. The Hall–Kier alpha value is -3.24. The first kappa shape index (κ1) is 23.5. The van der Waals surface area contributed by atoms with Crippen molar-refractivity contribution in [2.24, 2.45) is 0 Å². The van der Waals surface area contributed by atoms with Gasteiger partial charge in [0.05, 0.1) is 23.8 Å². The first-order chi connectivity index (χ1) is 17.0. The Labute approximate surface area is 205 Å². The molecule has 35 heavy (non-hydrogen) atoms. The molecule has 4 aromatic rings. The molecule has 1 fully saturated rings. The number of hydrogen-bond donors (Lipinski definition) is 0. The van der Waals surface area contributed by atoms with Crippen LogP contribution in [0.2, 0.25) is 0 Å². The third-order valence-electron chi connectivity index (χ3n) is 6.17. The molecular formula is C25H30N6O3S. The van der Waals surface area contributed by atoms with E-state index in [2.05, 4.69) is 15.0 Å². The van der Waals surface area contributed by atoms with E-state index in [4.69, 9.17) is 9.84 Å². The van der Waals surface area contributed by atoms with Crippen LogP contribution in [0.15, 0.2) is 54.9 Å². The second-order valence-electron chi connectivity index (χ2n) is 8.84. The zero-order valence-corrected chi connectivity index (χ0v) is 20.7. The Balaban J connectivity index is 1.28. The number of pyridine rings is 1. The van der Waals surface area contributed by atoms with Crippen molar-refractivity contribution in [3.63, 3.8) is 0 Å². The number of rotatable bonds is 10. The summed E-state index contributed by atoms with van der Waals surface area (Å²) in [6.07, 6.45) is 6.77. The van der Waals surface area contributed by atoms with Gasteiger partial charge in [0, 0.05) is 18.5 Å². The third kappa shape index (κ3) is 5.38. The van der Waals surface area contributed by atoms with Gasteiger partial charge in [0.1, 0.15) is 12.4 Å². The van der Waals surface area contributed by atoms with Crippen molar-refractivity contribution in [3.8, 4) is 17.0 Å². The normalized spacial score (nSPS) is 14.7. The highest BCUT2D eigenvalue weighted by molar-refractivity contribution is 7.89. The van der Waals surface area contributed by atoms with Crippen LogP contribution in [0.1, 0.15) is 37.6 Å². The molecular weight excluding hydrogens is 464 g/mol. The average Bonchev–Trinajstić information content (AvgIpc) is 3.61. The molecule has 9 nitrogen and oxygen atoms in total. The summed E-state index contributed by atoms with van der Waals surface area (Å²) < 4.78 is 33.4. The molecule has 1 aromatic carbocycles. The van der Waals surface area contributed by atoms with Crippen molar-refractivity contribution in [3.05, 3.63) is 66.2 Å². The van der Waals surface area contributed by atoms with Crippen LogP contribution >= 0.6 is 0 Å². The fourth-order valence-electron chi connectivity index (χ4n) is 4.37. The minimum absolute atomic E-state index is 0.0497. The molecule has 3 aromatic heterocycles. The molecule has 0 radical (unpaired) electrons. The quantitative estimate of drug-likeness (QED) is 0.334. The highest BCUT2D eigenvalue weighted by Crippen LogP contribution is 2.21. The Morgan fingerprint density at radius 2 is 1.86 bits per heavy atom. The molecule has 4 heterocycles. The lowest BCUT2D eigenvalue weighted by molar-refractivity contribution is 0.238. The van der Waals surface area contributed by atoms with Crippen molar-refractivity contribution in [1.29, 1.82) is 0 Å². The van der Waals surface area contributed by atoms with Crippen LogP contribution in [-0.4, -0.2) is 69.1 Å². The van der Waals surface area contributed by atoms with Gasteiger partial charge in [-0.1, -0.05) is 25.1 Å². The molecule has 5 rings (SSSR count). The summed E-state index contributed by atoms with van der Waals surface area (Å²) in [5, 5.41) is 8.76. The van der Waals surface area contributed by atoms with Gasteiger partial charge in [-0.05, 0) is 62.2 Å². The van der Waals surface area contributed by atoms with Gasteiger partial charge in [-0.25, -0.2) is 17.9 Å². The van der Waals surface area contributed by atoms with Crippen molar-refractivity contribution in [2.45, 2.75) is 32.6 Å². The molecule has 0 bridgehead atoms. The number of aromatic nitrogens is 5. The SMILES string of the molecule is CCCS(=O)(=O)n1cc(-c2cccc3nc(Cc4ccc(OCCN5CCCC5)cc4)nn23)cn1. The Bertz CT molecular complexity index is 1390. The lowest BCUT2D eigenvalue weighted by Gasteiger charge is -2.14. The Morgan fingerprint density at radius 1 is 1.06 bits per heavy atom. The first-order valence-corrected chi connectivity index (χ1v) is 13.7. The van der Waals surface area contributed by atoms with Gasteiger partial charge in [-0.2, -0.15) is 14.3 Å². The molecule has 1 saturated heterocycles. The second-order valence-corrected chi connectivity index (χ2v) is 10.8. The molecule has 1 aliphatic heterocycles. The summed E-state index contributed by atoms with van der Waals surface area (Å²) in [6, 6.07) is 13.7. The zero-order valence-electron chi connectivity index (χ0n) is 19.9. The maximum atomic E-state index is 12.3. The number of fused-ring (bicyclic) bond motifs is 1. The van der Waals surface area contributed by atoms with Crippen molar-refractivity contribution >= 4 is 15.7 Å². The molecule has 0 N–H and O–H groups in total. The van der Waals surface area contributed by atoms with E-state index >= 15 is 0 Å². The fraction of sp³-hybridized carbons (Fsp3) is 0.400. The van der Waals surface area contributed by atoms with Gasteiger partial charge in [0.15, 0.2) is 11.5 Å². The summed E-state index contributed by atoms with van der Waals surface area (Å²) in [5.74, 6) is 1.60. The van der Waals surface area contributed by atoms with E-state index in [-0.39, 0.29) is 5.75 Å². The Kier molecular flexibility index (Phi) is 6.83. The molecule has 0 amide bonds. The van der Waals surface area contributed by atoms with Crippen LogP contribution < -0.4 is 4.74 Å². The van der Waals surface area contributed by atoms with Crippen molar-refractivity contribution in [1.82, 2.24) is 28.7 Å². The number of hydrogen-bond acceptors (Lipinski definition) is 7. The van der Waals surface area contributed by atoms with E-state index in [0.717, 1.165) is 27.6 Å². The predicted molar refractivity (Wildman–Crippen MR) is 134 cm³/mol. The lowest BCUT2D eigenvalue weighted by atomic mass is 10.1. The average molecular weight is 495 g/mol. The molecule has 1 aliphatic rings. The summed E-state index contributed by atoms with van der Waals surface area (Å²) in [4.78, 5) is 7.10. The van der Waals surface area contributed by atoms with Crippen molar-refractivity contribution < 1.29 is 13.2 Å². The number of nitrogens with zero attached hydrogens (tertiary/aromatic N) is 6. The van der Waals surface area contributed by atoms with Crippen LogP contribution in [-0.2, 0) is 16.4 Å². The smallest absolute Gasteiger partial charge is 0.253 e. The van der Waals surface area contributed by atoms with Gasteiger partial charge >= 0.3 is 0 Å². The Morgan fingerprint density at radius 3 is 2.63 bits per heavy atom. The summed E-state index contributed by atoms with van der Waals surface area (Å²) in [7, 11) is -3.45. The standard InChI is InChI=1S/C25H30N6O3S/c1-2-16-35(32,33)30-19-21(18-26-30)23-6-5-7-25-27-24(28-31(23)25)17-20-8-10-22(11-9-20)34-15-14-29-12-3-4-13-29/h5-11,18-19H,2-4,12-17H2,1H3. The zero-order chi connectivity index (χ0) is 24.3. The molecule has 0 aliphatic carbocycles. The third-order valence-corrected chi connectivity index (χ3v) is 7.86. The maximum Gasteiger partial charge on any atom is 0.253 e. The fourth-order valence-corrected chi connectivity index (χ4v) is 5.54. The minimum atomic E-state index is -3.45. The maximum absolute atomic E-state index is 12.3. The van der Waals surface area contributed by atoms with Crippen molar-refractivity contribution in [2.75, 3.05) is 32.0 Å². The van der Waals surface area contributed by atoms with E-state index in [0.29, 0.717) is 36.5 Å². The number of likely N-dealkylation sites (tertiary alicyclic amines) is 1. The van der Waals surface area contributed by atoms with Crippen LogP contribution in [0.5, 0.6) is 5.75 Å². The van der Waals surface area contributed by atoms with Crippen LogP contribution in [0.3, 0.4) is 0 Å².